The van der Waals surface area contributed by atoms with Crippen LogP contribution < -0.4 is 0 Å². The van der Waals surface area contributed by atoms with Gasteiger partial charge in [-0.05, 0) is 41.0 Å². The van der Waals surface area contributed by atoms with Crippen LogP contribution in [0.4, 0.5) is 0 Å². The third-order valence-corrected chi connectivity index (χ3v) is 3.40. The molecule has 19 heavy (non-hydrogen) atoms. The van der Waals surface area contributed by atoms with E-state index in [-0.39, 0.29) is 30.5 Å². The topological polar surface area (TPSA) is 65.0 Å². The molecular formula is C14H24O5. The molecule has 0 unspecified atom stereocenters. The predicted molar refractivity (Wildman–Crippen MR) is 68.4 cm³/mol. The molecule has 5 heteroatoms. The van der Waals surface area contributed by atoms with E-state index in [1.165, 1.54) is 0 Å². The molecule has 2 rings (SSSR count). The number of carbonyl (C=O) groups excluding carboxylic acids is 1. The minimum absolute atomic E-state index is 0.0448. The quantitative estimate of drug-likeness (QED) is 0.774. The Morgan fingerprint density at radius 1 is 1.32 bits per heavy atom. The SMILES string of the molecule is CC(C)(C)OC(=O)C[C@@H]1C[C@@H](O)[C@H]2OC(C)(C)O[C@@H]12. The minimum Gasteiger partial charge on any atom is -0.460 e. The summed E-state index contributed by atoms with van der Waals surface area (Å²) in [5.74, 6) is -0.988. The van der Waals surface area contributed by atoms with Crippen molar-refractivity contribution in [3.8, 4) is 0 Å². The molecule has 1 aliphatic heterocycles. The van der Waals surface area contributed by atoms with E-state index in [0.717, 1.165) is 0 Å². The van der Waals surface area contributed by atoms with Gasteiger partial charge in [0.1, 0.15) is 11.7 Å². The van der Waals surface area contributed by atoms with Gasteiger partial charge in [-0.25, -0.2) is 0 Å². The molecule has 0 aromatic heterocycles. The summed E-state index contributed by atoms with van der Waals surface area (Å²) < 4.78 is 16.8. The van der Waals surface area contributed by atoms with Gasteiger partial charge in [-0.1, -0.05) is 0 Å². The largest absolute Gasteiger partial charge is 0.460 e. The molecule has 1 aliphatic carbocycles. The van der Waals surface area contributed by atoms with Crippen LogP contribution >= 0.6 is 0 Å². The summed E-state index contributed by atoms with van der Waals surface area (Å²) >= 11 is 0. The molecule has 0 bridgehead atoms. The summed E-state index contributed by atoms with van der Waals surface area (Å²) in [5, 5.41) is 9.99. The zero-order valence-corrected chi connectivity index (χ0v) is 12.3. The molecule has 110 valence electrons. The van der Waals surface area contributed by atoms with Crippen molar-refractivity contribution in [1.29, 1.82) is 0 Å². The number of carbonyl (C=O) groups is 1. The maximum absolute atomic E-state index is 11.9. The number of fused-ring (bicyclic) bond motifs is 1. The molecule has 0 aromatic carbocycles. The monoisotopic (exact) mass is 272 g/mol. The first-order valence-corrected chi connectivity index (χ1v) is 6.83. The van der Waals surface area contributed by atoms with E-state index in [1.54, 1.807) is 0 Å². The van der Waals surface area contributed by atoms with Crippen molar-refractivity contribution in [1.82, 2.24) is 0 Å². The number of ether oxygens (including phenoxy) is 3. The molecule has 1 saturated carbocycles. The van der Waals surface area contributed by atoms with E-state index in [1.807, 2.05) is 34.6 Å². The standard InChI is InChI=1S/C14H24O5/c1-13(2,3)17-10(16)7-8-6-9(15)12-11(8)18-14(4,5)19-12/h8-9,11-12,15H,6-7H2,1-5H3/t8-,9+,11-,12+/m0/s1. The average Bonchev–Trinajstić information content (AvgIpc) is 2.61. The Morgan fingerprint density at radius 2 is 1.89 bits per heavy atom. The molecule has 1 saturated heterocycles. The second kappa shape index (κ2) is 4.72. The van der Waals surface area contributed by atoms with E-state index in [4.69, 9.17) is 14.2 Å². The summed E-state index contributed by atoms with van der Waals surface area (Å²) in [6.45, 7) is 9.17. The Kier molecular flexibility index (Phi) is 3.66. The Balaban J connectivity index is 1.97. The lowest BCUT2D eigenvalue weighted by atomic mass is 10.0. The average molecular weight is 272 g/mol. The predicted octanol–water partition coefficient (Wildman–Crippen LogP) is 1.62. The fourth-order valence-electron chi connectivity index (χ4n) is 2.85. The van der Waals surface area contributed by atoms with Crippen LogP contribution in [0.3, 0.4) is 0 Å². The Labute approximate surface area is 114 Å². The molecule has 1 N–H and O–H groups in total. The van der Waals surface area contributed by atoms with Crippen LogP contribution in [0, 0.1) is 5.92 Å². The number of esters is 1. The van der Waals surface area contributed by atoms with Crippen LogP contribution in [0.1, 0.15) is 47.5 Å². The highest BCUT2D eigenvalue weighted by Gasteiger charge is 2.54. The van der Waals surface area contributed by atoms with Gasteiger partial charge in [0.2, 0.25) is 0 Å². The first-order valence-electron chi connectivity index (χ1n) is 6.83. The lowest BCUT2D eigenvalue weighted by Crippen LogP contribution is -2.30. The molecule has 2 aliphatic rings. The molecular weight excluding hydrogens is 248 g/mol. The molecule has 0 amide bonds. The van der Waals surface area contributed by atoms with Crippen LogP contribution in [0.5, 0.6) is 0 Å². The molecule has 0 radical (unpaired) electrons. The van der Waals surface area contributed by atoms with Crippen molar-refractivity contribution in [2.75, 3.05) is 0 Å². The van der Waals surface area contributed by atoms with Crippen molar-refractivity contribution in [3.63, 3.8) is 0 Å². The normalized spacial score (nSPS) is 37.2. The fourth-order valence-corrected chi connectivity index (χ4v) is 2.85. The van der Waals surface area contributed by atoms with Gasteiger partial charge in [-0.3, -0.25) is 4.79 Å². The van der Waals surface area contributed by atoms with E-state index in [9.17, 15) is 9.90 Å². The van der Waals surface area contributed by atoms with Crippen LogP contribution in [0.15, 0.2) is 0 Å². The van der Waals surface area contributed by atoms with Gasteiger partial charge < -0.3 is 19.3 Å². The Bertz CT molecular complexity index is 357. The fraction of sp³-hybridized carbons (Fsp3) is 0.929. The summed E-state index contributed by atoms with van der Waals surface area (Å²) in [7, 11) is 0. The summed E-state index contributed by atoms with van der Waals surface area (Å²) in [6.07, 6.45) is -0.348. The van der Waals surface area contributed by atoms with Gasteiger partial charge in [-0.15, -0.1) is 0 Å². The van der Waals surface area contributed by atoms with Crippen molar-refractivity contribution in [2.24, 2.45) is 5.92 Å². The van der Waals surface area contributed by atoms with E-state index < -0.39 is 17.5 Å². The number of hydrogen-bond donors (Lipinski definition) is 1. The molecule has 0 spiro atoms. The van der Waals surface area contributed by atoms with Gasteiger partial charge in [0.15, 0.2) is 5.79 Å². The highest BCUT2D eigenvalue weighted by atomic mass is 16.8. The van der Waals surface area contributed by atoms with Crippen molar-refractivity contribution >= 4 is 5.97 Å². The number of rotatable bonds is 2. The van der Waals surface area contributed by atoms with Crippen LogP contribution in [-0.2, 0) is 19.0 Å². The first-order chi connectivity index (χ1) is 8.57. The first kappa shape index (κ1) is 14.8. The van der Waals surface area contributed by atoms with E-state index in [2.05, 4.69) is 0 Å². The lowest BCUT2D eigenvalue weighted by Gasteiger charge is -2.24. The zero-order chi connectivity index (χ0) is 14.4. The van der Waals surface area contributed by atoms with Crippen molar-refractivity contribution < 1.29 is 24.1 Å². The lowest BCUT2D eigenvalue weighted by molar-refractivity contribution is -0.171. The Morgan fingerprint density at radius 3 is 2.47 bits per heavy atom. The van der Waals surface area contributed by atoms with Gasteiger partial charge in [0, 0.05) is 5.92 Å². The molecule has 0 aromatic rings. The van der Waals surface area contributed by atoms with E-state index >= 15 is 0 Å². The van der Waals surface area contributed by atoms with Crippen LogP contribution in [0.2, 0.25) is 0 Å². The molecule has 1 heterocycles. The molecule has 5 nitrogen and oxygen atoms in total. The Hall–Kier alpha value is -0.650. The highest BCUT2D eigenvalue weighted by Crippen LogP contribution is 2.43. The maximum atomic E-state index is 11.9. The van der Waals surface area contributed by atoms with Gasteiger partial charge >= 0.3 is 5.97 Å². The van der Waals surface area contributed by atoms with E-state index in [0.29, 0.717) is 6.42 Å². The number of aliphatic hydroxyl groups is 1. The van der Waals surface area contributed by atoms with Gasteiger partial charge in [0.05, 0.1) is 18.6 Å². The van der Waals surface area contributed by atoms with Crippen molar-refractivity contribution in [3.05, 3.63) is 0 Å². The second-order valence-corrected chi connectivity index (χ2v) is 6.92. The van der Waals surface area contributed by atoms with Gasteiger partial charge in [-0.2, -0.15) is 0 Å². The summed E-state index contributed by atoms with van der Waals surface area (Å²) in [5.41, 5.74) is -0.486. The second-order valence-electron chi connectivity index (χ2n) is 6.92. The maximum Gasteiger partial charge on any atom is 0.306 e. The third-order valence-electron chi connectivity index (χ3n) is 3.40. The van der Waals surface area contributed by atoms with Gasteiger partial charge in [0.25, 0.3) is 0 Å². The minimum atomic E-state index is -0.692. The smallest absolute Gasteiger partial charge is 0.306 e. The molecule has 2 fully saturated rings. The number of hydrogen-bond acceptors (Lipinski definition) is 5. The number of aliphatic hydroxyl groups excluding tert-OH is 1. The van der Waals surface area contributed by atoms with Crippen LogP contribution in [-0.4, -0.2) is 40.8 Å². The summed E-state index contributed by atoms with van der Waals surface area (Å²) in [6, 6.07) is 0. The van der Waals surface area contributed by atoms with Crippen LogP contribution in [0.25, 0.3) is 0 Å². The highest BCUT2D eigenvalue weighted by molar-refractivity contribution is 5.70. The zero-order valence-electron chi connectivity index (χ0n) is 12.3. The summed E-state index contributed by atoms with van der Waals surface area (Å²) in [4.78, 5) is 11.9. The van der Waals surface area contributed by atoms with Crippen molar-refractivity contribution in [2.45, 2.75) is 77.2 Å². The molecule has 4 atom stereocenters. The third kappa shape index (κ3) is 3.46.